The van der Waals surface area contributed by atoms with E-state index >= 15 is 8.78 Å². The van der Waals surface area contributed by atoms with Gasteiger partial charge in [0.2, 0.25) is 5.75 Å². The van der Waals surface area contributed by atoms with Gasteiger partial charge >= 0.3 is 16.2 Å². The molecular weight excluding hydrogens is 658 g/mol. The van der Waals surface area contributed by atoms with Crippen molar-refractivity contribution in [3.63, 3.8) is 0 Å². The maximum Gasteiger partial charge on any atom is 0.397 e. The van der Waals surface area contributed by atoms with Crippen molar-refractivity contribution < 1.29 is 44.7 Å². The number of halogens is 4. The van der Waals surface area contributed by atoms with Crippen molar-refractivity contribution in [3.8, 4) is 28.3 Å². The van der Waals surface area contributed by atoms with Crippen LogP contribution in [0.4, 0.5) is 17.6 Å². The van der Waals surface area contributed by atoms with Gasteiger partial charge in [-0.15, -0.1) is 0 Å². The molecule has 47 heavy (non-hydrogen) atoms. The fourth-order valence-electron chi connectivity index (χ4n) is 4.68. The third kappa shape index (κ3) is 7.91. The molecular formula is C33H36F4N2O6P2. The molecule has 0 bridgehead atoms. The first-order valence-electron chi connectivity index (χ1n) is 15.0. The molecule has 0 spiro atoms. The van der Waals surface area contributed by atoms with E-state index < -0.39 is 55.9 Å². The highest BCUT2D eigenvalue weighted by atomic mass is 31.2. The molecule has 252 valence electrons. The van der Waals surface area contributed by atoms with E-state index in [1.807, 2.05) is 13.8 Å². The standard InChI is InChI=1S/C33H36F4N2O6P2/c1-7-41-46(42-8-2)45-31-23(34)19-17-21(29(31)36)25-13-11-15-27(38-25)33(5,6)28-16-12-14-26(39-28)22-18-20-24(35)32(30(22)37)47(40,43-9-3)44-10-4/h11-20H,7-10H2,1-6H3. The Morgan fingerprint density at radius 2 is 1.17 bits per heavy atom. The summed E-state index contributed by atoms with van der Waals surface area (Å²) < 4.78 is 101. The van der Waals surface area contributed by atoms with Crippen LogP contribution in [0.15, 0.2) is 60.7 Å². The molecule has 0 atom stereocenters. The Balaban J connectivity index is 1.74. The summed E-state index contributed by atoms with van der Waals surface area (Å²) in [6.07, 6.45) is 0. The van der Waals surface area contributed by atoms with Crippen LogP contribution in [0.5, 0.6) is 5.75 Å². The van der Waals surface area contributed by atoms with E-state index in [1.165, 1.54) is 18.2 Å². The third-order valence-corrected chi connectivity index (χ3v) is 10.4. The summed E-state index contributed by atoms with van der Waals surface area (Å²) in [6.45, 7) is 10.4. The predicted octanol–water partition coefficient (Wildman–Crippen LogP) is 9.26. The van der Waals surface area contributed by atoms with Gasteiger partial charge in [-0.05, 0) is 90.1 Å². The van der Waals surface area contributed by atoms with E-state index in [2.05, 4.69) is 9.97 Å². The topological polar surface area (TPSA) is 89.0 Å². The number of hydrogen-bond acceptors (Lipinski definition) is 8. The van der Waals surface area contributed by atoms with E-state index in [4.69, 9.17) is 22.6 Å². The largest absolute Gasteiger partial charge is 0.420 e. The fraction of sp³-hybridized carbons (Fsp3) is 0.333. The lowest BCUT2D eigenvalue weighted by Gasteiger charge is -2.25. The first kappa shape index (κ1) is 36.6. The van der Waals surface area contributed by atoms with Gasteiger partial charge in [0.15, 0.2) is 17.5 Å². The second kappa shape index (κ2) is 15.8. The fourth-order valence-corrected chi connectivity index (χ4v) is 7.31. The van der Waals surface area contributed by atoms with Crippen LogP contribution < -0.4 is 9.83 Å². The Labute approximate surface area is 273 Å². The van der Waals surface area contributed by atoms with E-state index in [-0.39, 0.29) is 48.9 Å². The average molecular weight is 695 g/mol. The van der Waals surface area contributed by atoms with Crippen LogP contribution in [0, 0.1) is 23.3 Å². The van der Waals surface area contributed by atoms with Crippen molar-refractivity contribution in [1.29, 1.82) is 0 Å². The van der Waals surface area contributed by atoms with Gasteiger partial charge in [0.1, 0.15) is 11.1 Å². The number of nitrogens with zero attached hydrogens (tertiary/aromatic N) is 2. The number of benzene rings is 2. The molecule has 14 heteroatoms. The summed E-state index contributed by atoms with van der Waals surface area (Å²) in [5, 5.41) is -0.792. The minimum atomic E-state index is -4.31. The van der Waals surface area contributed by atoms with Gasteiger partial charge in [-0.2, -0.15) is 0 Å². The third-order valence-electron chi connectivity index (χ3n) is 6.95. The molecule has 0 saturated carbocycles. The lowest BCUT2D eigenvalue weighted by atomic mass is 9.84. The zero-order valence-corrected chi connectivity index (χ0v) is 28.6. The summed E-state index contributed by atoms with van der Waals surface area (Å²) in [6, 6.07) is 14.4. The van der Waals surface area contributed by atoms with Crippen molar-refractivity contribution in [2.75, 3.05) is 26.4 Å². The van der Waals surface area contributed by atoms with E-state index in [0.717, 1.165) is 12.1 Å². The SMILES string of the molecule is CCOP(OCC)Oc1c(F)ccc(-c2cccc(C(C)(C)c3cccc(-c4ccc(F)c(P(=O)(OCC)OCC)c4F)n3)n2)c1F. The van der Waals surface area contributed by atoms with Gasteiger partial charge in [0.25, 0.3) is 0 Å². The van der Waals surface area contributed by atoms with Crippen LogP contribution in [0.3, 0.4) is 0 Å². The Bertz CT molecular complexity index is 1740. The van der Waals surface area contributed by atoms with Crippen LogP contribution >= 0.6 is 16.2 Å². The highest BCUT2D eigenvalue weighted by molar-refractivity contribution is 7.62. The van der Waals surface area contributed by atoms with Crippen molar-refractivity contribution in [2.45, 2.75) is 47.0 Å². The molecule has 0 aliphatic heterocycles. The molecule has 0 N–H and O–H groups in total. The van der Waals surface area contributed by atoms with Gasteiger partial charge in [-0.3, -0.25) is 14.5 Å². The lowest BCUT2D eigenvalue weighted by Crippen LogP contribution is -2.23. The molecule has 0 saturated heterocycles. The first-order valence-corrected chi connectivity index (χ1v) is 17.6. The van der Waals surface area contributed by atoms with Gasteiger partial charge < -0.3 is 22.6 Å². The number of aromatic nitrogens is 2. The van der Waals surface area contributed by atoms with Crippen LogP contribution in [0.1, 0.15) is 52.9 Å². The van der Waals surface area contributed by atoms with Crippen molar-refractivity contribution in [3.05, 3.63) is 95.3 Å². The second-order valence-corrected chi connectivity index (χ2v) is 13.5. The van der Waals surface area contributed by atoms with Gasteiger partial charge in [-0.1, -0.05) is 12.1 Å². The van der Waals surface area contributed by atoms with Gasteiger partial charge in [0, 0.05) is 16.5 Å². The molecule has 4 rings (SSSR count). The summed E-state index contributed by atoms with van der Waals surface area (Å²) in [7, 11) is -6.34. The minimum absolute atomic E-state index is 0.0161. The Morgan fingerprint density at radius 3 is 1.66 bits per heavy atom. The van der Waals surface area contributed by atoms with E-state index in [1.54, 1.807) is 58.0 Å². The molecule has 2 heterocycles. The molecule has 0 unspecified atom stereocenters. The van der Waals surface area contributed by atoms with E-state index in [0.29, 0.717) is 11.4 Å². The number of pyridine rings is 2. The second-order valence-electron chi connectivity index (χ2n) is 10.4. The van der Waals surface area contributed by atoms with Crippen molar-refractivity contribution >= 4 is 21.5 Å². The zero-order chi connectivity index (χ0) is 34.4. The smallest absolute Gasteiger partial charge is 0.397 e. The van der Waals surface area contributed by atoms with Crippen LogP contribution in [0.25, 0.3) is 22.5 Å². The van der Waals surface area contributed by atoms with E-state index in [9.17, 15) is 13.3 Å². The molecule has 0 amide bonds. The quantitative estimate of drug-likeness (QED) is 0.0899. The van der Waals surface area contributed by atoms with Gasteiger partial charge in [-0.25, -0.2) is 17.6 Å². The molecule has 8 nitrogen and oxygen atoms in total. The first-order chi connectivity index (χ1) is 22.4. The number of hydrogen-bond donors (Lipinski definition) is 0. The molecule has 0 aliphatic carbocycles. The predicted molar refractivity (Wildman–Crippen MR) is 173 cm³/mol. The molecule has 0 radical (unpaired) electrons. The summed E-state index contributed by atoms with van der Waals surface area (Å²) in [5.74, 6) is -4.72. The summed E-state index contributed by atoms with van der Waals surface area (Å²) >= 11 is 0. The van der Waals surface area contributed by atoms with Crippen molar-refractivity contribution in [2.24, 2.45) is 0 Å². The minimum Gasteiger partial charge on any atom is -0.420 e. The number of rotatable bonds is 15. The maximum absolute atomic E-state index is 15.9. The Hall–Kier alpha value is -3.24. The monoisotopic (exact) mass is 694 g/mol. The van der Waals surface area contributed by atoms with Crippen LogP contribution in [-0.4, -0.2) is 36.4 Å². The van der Waals surface area contributed by atoms with Crippen molar-refractivity contribution in [1.82, 2.24) is 9.97 Å². The normalized spacial score (nSPS) is 12.1. The molecule has 2 aromatic carbocycles. The van der Waals surface area contributed by atoms with Gasteiger partial charge in [0.05, 0.1) is 49.2 Å². The Kier molecular flexibility index (Phi) is 12.3. The zero-order valence-electron chi connectivity index (χ0n) is 26.9. The molecule has 2 aromatic heterocycles. The summed E-state index contributed by atoms with van der Waals surface area (Å²) in [5.41, 5.74) is 0.197. The van der Waals surface area contributed by atoms with Crippen LogP contribution in [-0.2, 0) is 28.1 Å². The highest BCUT2D eigenvalue weighted by Gasteiger charge is 2.36. The molecule has 4 aromatic rings. The highest BCUT2D eigenvalue weighted by Crippen LogP contribution is 2.49. The molecule has 0 fully saturated rings. The Morgan fingerprint density at radius 1 is 0.681 bits per heavy atom. The van der Waals surface area contributed by atoms with Crippen LogP contribution in [0.2, 0.25) is 0 Å². The lowest BCUT2D eigenvalue weighted by molar-refractivity contribution is 0.216. The molecule has 0 aliphatic rings. The summed E-state index contributed by atoms with van der Waals surface area (Å²) in [4.78, 5) is 9.35. The maximum atomic E-state index is 15.9. The average Bonchev–Trinajstić information content (AvgIpc) is 3.03.